The van der Waals surface area contributed by atoms with Gasteiger partial charge >= 0.3 is 0 Å². The first-order valence-corrected chi connectivity index (χ1v) is 10.3. The third-order valence-electron chi connectivity index (χ3n) is 5.12. The molecule has 0 radical (unpaired) electrons. The van der Waals surface area contributed by atoms with Crippen LogP contribution in [-0.2, 0) is 6.54 Å². The molecule has 10 heteroatoms. The van der Waals surface area contributed by atoms with Crippen LogP contribution in [0.1, 0.15) is 22.6 Å². The Hall–Kier alpha value is -3.23. The standard InChI is InChI=1S/C25H25N7.3ClH/c1-17-5-11-22-21(14-17)24(31-23(30-22)12-10-20-4-2-3-13-29-20)19-8-6-18(7-9-19)15-32(16-26)25(27)28;;;/h2-14H,15-16,26H2,1H3,(H3,27,28);3*1H. The van der Waals surface area contributed by atoms with E-state index in [1.165, 1.54) is 0 Å². The number of nitrogens with one attached hydrogen (secondary N) is 1. The van der Waals surface area contributed by atoms with Crippen LogP contribution < -0.4 is 11.5 Å². The smallest absolute Gasteiger partial charge is 0.189 e. The molecule has 0 aliphatic carbocycles. The van der Waals surface area contributed by atoms with Crippen molar-refractivity contribution >= 4 is 66.2 Å². The largest absolute Gasteiger partial charge is 0.370 e. The van der Waals surface area contributed by atoms with E-state index in [0.717, 1.165) is 39.0 Å². The van der Waals surface area contributed by atoms with Crippen LogP contribution in [0.3, 0.4) is 0 Å². The van der Waals surface area contributed by atoms with Crippen molar-refractivity contribution in [1.82, 2.24) is 19.9 Å². The highest BCUT2D eigenvalue weighted by atomic mass is 35.5. The molecule has 0 aliphatic rings. The second kappa shape index (κ2) is 13.6. The molecular formula is C25H28Cl3N7. The molecule has 0 saturated carbocycles. The highest BCUT2D eigenvalue weighted by molar-refractivity contribution is 5.93. The van der Waals surface area contributed by atoms with Crippen LogP contribution >= 0.6 is 37.2 Å². The van der Waals surface area contributed by atoms with Crippen LogP contribution in [0.25, 0.3) is 34.3 Å². The fraction of sp³-hybridized carbons (Fsp3) is 0.120. The fourth-order valence-electron chi connectivity index (χ4n) is 3.43. The molecule has 0 fully saturated rings. The molecule has 0 aliphatic heterocycles. The van der Waals surface area contributed by atoms with Crippen molar-refractivity contribution in [2.45, 2.75) is 13.5 Å². The number of aryl methyl sites for hydroxylation is 1. The van der Waals surface area contributed by atoms with Crippen molar-refractivity contribution < 1.29 is 0 Å². The Bertz CT molecular complexity index is 1280. The number of nitrogens with two attached hydrogens (primary N) is 2. The van der Waals surface area contributed by atoms with E-state index in [2.05, 4.69) is 24.0 Å². The van der Waals surface area contributed by atoms with Gasteiger partial charge in [-0.2, -0.15) is 0 Å². The average Bonchev–Trinajstić information content (AvgIpc) is 2.81. The zero-order valence-corrected chi connectivity index (χ0v) is 21.5. The molecular weight excluding hydrogens is 505 g/mol. The van der Waals surface area contributed by atoms with E-state index in [9.17, 15) is 0 Å². The molecule has 0 saturated heterocycles. The van der Waals surface area contributed by atoms with Gasteiger partial charge in [-0.25, -0.2) is 9.97 Å². The lowest BCUT2D eigenvalue weighted by molar-refractivity contribution is 0.417. The number of benzene rings is 2. The quantitative estimate of drug-likeness (QED) is 0.182. The Morgan fingerprint density at radius 1 is 0.971 bits per heavy atom. The lowest BCUT2D eigenvalue weighted by atomic mass is 10.0. The van der Waals surface area contributed by atoms with Gasteiger partial charge in [-0.1, -0.05) is 42.0 Å². The summed E-state index contributed by atoms with van der Waals surface area (Å²) in [7, 11) is 0. The van der Waals surface area contributed by atoms with Crippen molar-refractivity contribution in [3.8, 4) is 11.3 Å². The van der Waals surface area contributed by atoms with Crippen LogP contribution in [0.4, 0.5) is 0 Å². The summed E-state index contributed by atoms with van der Waals surface area (Å²) in [5, 5.41) is 8.61. The van der Waals surface area contributed by atoms with E-state index in [0.29, 0.717) is 12.4 Å². The normalized spacial score (nSPS) is 10.2. The summed E-state index contributed by atoms with van der Waals surface area (Å²) in [4.78, 5) is 15.5. The van der Waals surface area contributed by atoms with Gasteiger partial charge in [-0.05, 0) is 48.9 Å². The van der Waals surface area contributed by atoms with Crippen molar-refractivity contribution in [1.29, 1.82) is 5.41 Å². The van der Waals surface area contributed by atoms with E-state index < -0.39 is 0 Å². The minimum absolute atomic E-state index is 0. The zero-order valence-electron chi connectivity index (χ0n) is 19.1. The third-order valence-corrected chi connectivity index (χ3v) is 5.12. The van der Waals surface area contributed by atoms with Crippen LogP contribution in [0.15, 0.2) is 66.9 Å². The highest BCUT2D eigenvalue weighted by Gasteiger charge is 2.11. The fourth-order valence-corrected chi connectivity index (χ4v) is 3.43. The number of hydrogen-bond donors (Lipinski definition) is 3. The molecule has 4 aromatic rings. The summed E-state index contributed by atoms with van der Waals surface area (Å²) in [6.07, 6.45) is 5.55. The van der Waals surface area contributed by atoms with Gasteiger partial charge in [-0.15, -0.1) is 37.2 Å². The second-order valence-electron chi connectivity index (χ2n) is 7.50. The number of hydrogen-bond acceptors (Lipinski definition) is 5. The predicted molar refractivity (Wildman–Crippen MR) is 151 cm³/mol. The molecule has 4 rings (SSSR count). The number of pyridine rings is 1. The van der Waals surface area contributed by atoms with Crippen LogP contribution in [0.2, 0.25) is 0 Å². The van der Waals surface area contributed by atoms with E-state index in [1.807, 2.05) is 60.7 Å². The Labute approximate surface area is 223 Å². The van der Waals surface area contributed by atoms with Crippen molar-refractivity contribution in [3.05, 3.63) is 89.5 Å². The van der Waals surface area contributed by atoms with E-state index in [1.54, 1.807) is 11.1 Å². The first kappa shape index (κ1) is 29.8. The first-order chi connectivity index (χ1) is 15.5. The first-order valence-electron chi connectivity index (χ1n) is 10.3. The topological polar surface area (TPSA) is 118 Å². The molecule has 0 spiro atoms. The average molecular weight is 533 g/mol. The molecule has 2 aromatic carbocycles. The Kier molecular flexibility index (Phi) is 11.6. The molecule has 7 nitrogen and oxygen atoms in total. The maximum atomic E-state index is 7.61. The van der Waals surface area contributed by atoms with Gasteiger partial charge in [0.15, 0.2) is 11.8 Å². The summed E-state index contributed by atoms with van der Waals surface area (Å²) < 4.78 is 0. The van der Waals surface area contributed by atoms with E-state index in [-0.39, 0.29) is 49.8 Å². The van der Waals surface area contributed by atoms with Gasteiger partial charge in [0, 0.05) is 23.7 Å². The number of fused-ring (bicyclic) bond motifs is 1. The number of halogens is 3. The predicted octanol–water partition coefficient (Wildman–Crippen LogP) is 5.05. The summed E-state index contributed by atoms with van der Waals surface area (Å²) in [5.41, 5.74) is 17.0. The Morgan fingerprint density at radius 2 is 1.71 bits per heavy atom. The minimum Gasteiger partial charge on any atom is -0.370 e. The van der Waals surface area contributed by atoms with E-state index >= 15 is 0 Å². The number of nitrogens with zero attached hydrogens (tertiary/aromatic N) is 4. The molecule has 5 N–H and O–H groups in total. The summed E-state index contributed by atoms with van der Waals surface area (Å²) >= 11 is 0. The van der Waals surface area contributed by atoms with Gasteiger partial charge < -0.3 is 16.4 Å². The summed E-state index contributed by atoms with van der Waals surface area (Å²) in [6.45, 7) is 2.73. The molecule has 0 bridgehead atoms. The maximum Gasteiger partial charge on any atom is 0.189 e. The number of rotatable bonds is 6. The molecule has 0 amide bonds. The number of aromatic nitrogens is 3. The monoisotopic (exact) mass is 531 g/mol. The third kappa shape index (κ3) is 7.37. The second-order valence-corrected chi connectivity index (χ2v) is 7.50. The van der Waals surface area contributed by atoms with Crippen molar-refractivity contribution in [3.63, 3.8) is 0 Å². The van der Waals surface area contributed by atoms with E-state index in [4.69, 9.17) is 26.8 Å². The SMILES string of the molecule is Cc1ccc2nc(C=Cc3ccccn3)nc(-c3ccc(CN(CN)C(=N)N)cc3)c2c1.Cl.Cl.Cl. The molecule has 0 atom stereocenters. The Morgan fingerprint density at radius 3 is 2.34 bits per heavy atom. The maximum absolute atomic E-state index is 7.61. The minimum atomic E-state index is -0.0434. The molecule has 184 valence electrons. The zero-order chi connectivity index (χ0) is 22.5. The van der Waals surface area contributed by atoms with Gasteiger partial charge in [0.2, 0.25) is 0 Å². The Balaban J connectivity index is 0.00000204. The number of guanidine groups is 1. The van der Waals surface area contributed by atoms with Crippen LogP contribution in [0, 0.1) is 12.3 Å². The summed E-state index contributed by atoms with van der Waals surface area (Å²) in [6, 6.07) is 20.0. The van der Waals surface area contributed by atoms with Gasteiger partial charge in [0.25, 0.3) is 0 Å². The lowest BCUT2D eigenvalue weighted by Gasteiger charge is -2.20. The molecule has 2 aromatic heterocycles. The van der Waals surface area contributed by atoms with Gasteiger partial charge in [0.05, 0.1) is 23.6 Å². The van der Waals surface area contributed by atoms with Gasteiger partial charge in [0.1, 0.15) is 0 Å². The highest BCUT2D eigenvalue weighted by Crippen LogP contribution is 2.28. The van der Waals surface area contributed by atoms with Crippen molar-refractivity contribution in [2.24, 2.45) is 11.5 Å². The summed E-state index contributed by atoms with van der Waals surface area (Å²) in [5.74, 6) is 0.579. The molecule has 35 heavy (non-hydrogen) atoms. The van der Waals surface area contributed by atoms with Crippen LogP contribution in [0.5, 0.6) is 0 Å². The molecule has 0 unspecified atom stereocenters. The van der Waals surface area contributed by atoms with Crippen LogP contribution in [-0.4, -0.2) is 32.5 Å². The molecule has 2 heterocycles. The van der Waals surface area contributed by atoms with Crippen molar-refractivity contribution in [2.75, 3.05) is 6.67 Å². The lowest BCUT2D eigenvalue weighted by Crippen LogP contribution is -2.39. The van der Waals surface area contributed by atoms with Gasteiger partial charge in [-0.3, -0.25) is 10.4 Å².